The van der Waals surface area contributed by atoms with Gasteiger partial charge in [-0.2, -0.15) is 0 Å². The van der Waals surface area contributed by atoms with Crippen molar-refractivity contribution in [3.05, 3.63) is 0 Å². The van der Waals surface area contributed by atoms with Crippen molar-refractivity contribution in [3.8, 4) is 0 Å². The third kappa shape index (κ3) is 2.44. The molecule has 0 aromatic heterocycles. The summed E-state index contributed by atoms with van der Waals surface area (Å²) < 4.78 is 0. The van der Waals surface area contributed by atoms with E-state index < -0.39 is 0 Å². The Morgan fingerprint density at radius 3 is 2.85 bits per heavy atom. The summed E-state index contributed by atoms with van der Waals surface area (Å²) in [6, 6.07) is 0.826. The lowest BCUT2D eigenvalue weighted by molar-refractivity contribution is 0.337. The van der Waals surface area contributed by atoms with Crippen LogP contribution in [0.3, 0.4) is 0 Å². The van der Waals surface area contributed by atoms with Crippen molar-refractivity contribution in [1.82, 2.24) is 10.2 Å². The van der Waals surface area contributed by atoms with Gasteiger partial charge in [-0.15, -0.1) is 0 Å². The molecule has 2 rings (SSSR count). The Hall–Kier alpha value is -0.0800. The number of rotatable bonds is 0. The maximum atomic E-state index is 3.72. The summed E-state index contributed by atoms with van der Waals surface area (Å²) in [6.07, 6.45) is 7.07. The van der Waals surface area contributed by atoms with Gasteiger partial charge in [-0.05, 0) is 58.3 Å². The second kappa shape index (κ2) is 4.43. The normalized spacial score (nSPS) is 37.6. The van der Waals surface area contributed by atoms with Gasteiger partial charge in [0, 0.05) is 6.04 Å². The summed E-state index contributed by atoms with van der Waals surface area (Å²) in [5.74, 6) is 0.965. The zero-order valence-corrected chi connectivity index (χ0v) is 8.76. The average Bonchev–Trinajstić information content (AvgIpc) is 2.43. The van der Waals surface area contributed by atoms with Crippen LogP contribution in [0, 0.1) is 5.92 Å². The van der Waals surface area contributed by atoms with Crippen LogP contribution in [-0.2, 0) is 0 Å². The molecule has 2 heteroatoms. The average molecular weight is 182 g/mol. The molecular formula is C11H22N2. The lowest BCUT2D eigenvalue weighted by Gasteiger charge is -2.22. The molecule has 2 heterocycles. The van der Waals surface area contributed by atoms with Crippen LogP contribution >= 0.6 is 0 Å². The number of likely N-dealkylation sites (tertiary alicyclic amines) is 1. The Kier molecular flexibility index (Phi) is 3.23. The van der Waals surface area contributed by atoms with E-state index in [4.69, 9.17) is 0 Å². The molecule has 0 radical (unpaired) electrons. The molecule has 2 unspecified atom stereocenters. The fraction of sp³-hybridized carbons (Fsp3) is 1.00. The summed E-state index contributed by atoms with van der Waals surface area (Å²) in [6.45, 7) is 3.85. The predicted octanol–water partition coefficient (Wildman–Crippen LogP) is 1.47. The van der Waals surface area contributed by atoms with E-state index in [1.54, 1.807) is 0 Å². The van der Waals surface area contributed by atoms with Gasteiger partial charge in [0.1, 0.15) is 0 Å². The van der Waals surface area contributed by atoms with E-state index >= 15 is 0 Å². The zero-order valence-electron chi connectivity index (χ0n) is 8.76. The molecule has 0 aromatic rings. The maximum Gasteiger partial charge on any atom is 0.0108 e. The Bertz CT molecular complexity index is 142. The van der Waals surface area contributed by atoms with Crippen LogP contribution in [0.25, 0.3) is 0 Å². The van der Waals surface area contributed by atoms with E-state index in [1.807, 2.05) is 0 Å². The van der Waals surface area contributed by atoms with Crippen LogP contribution in [0.1, 0.15) is 32.1 Å². The fourth-order valence-electron chi connectivity index (χ4n) is 2.73. The van der Waals surface area contributed by atoms with E-state index in [0.29, 0.717) is 0 Å². The summed E-state index contributed by atoms with van der Waals surface area (Å²) in [5.41, 5.74) is 0. The first-order valence-electron chi connectivity index (χ1n) is 5.78. The van der Waals surface area contributed by atoms with Crippen molar-refractivity contribution in [2.75, 3.05) is 26.7 Å². The molecule has 2 saturated heterocycles. The highest BCUT2D eigenvalue weighted by Gasteiger charge is 2.25. The minimum atomic E-state index is 0.826. The van der Waals surface area contributed by atoms with Crippen molar-refractivity contribution in [1.29, 1.82) is 0 Å². The van der Waals surface area contributed by atoms with Gasteiger partial charge in [0.2, 0.25) is 0 Å². The number of hydrogen-bond donors (Lipinski definition) is 1. The Morgan fingerprint density at radius 1 is 1.08 bits per heavy atom. The molecule has 2 fully saturated rings. The van der Waals surface area contributed by atoms with Gasteiger partial charge in [0.25, 0.3) is 0 Å². The first-order valence-corrected chi connectivity index (χ1v) is 5.78. The number of nitrogens with zero attached hydrogens (tertiary/aromatic N) is 1. The molecule has 2 atom stereocenters. The van der Waals surface area contributed by atoms with Crippen LogP contribution in [-0.4, -0.2) is 37.6 Å². The molecule has 0 spiro atoms. The summed E-state index contributed by atoms with van der Waals surface area (Å²) in [7, 11) is 2.26. The minimum absolute atomic E-state index is 0.826. The molecular weight excluding hydrogens is 160 g/mol. The minimum Gasteiger partial charge on any atom is -0.314 e. The topological polar surface area (TPSA) is 15.3 Å². The molecule has 0 aromatic carbocycles. The molecule has 76 valence electrons. The highest BCUT2D eigenvalue weighted by molar-refractivity contribution is 4.83. The van der Waals surface area contributed by atoms with Gasteiger partial charge in [-0.3, -0.25) is 0 Å². The van der Waals surface area contributed by atoms with Gasteiger partial charge >= 0.3 is 0 Å². The summed E-state index contributed by atoms with van der Waals surface area (Å²) in [5, 5.41) is 3.72. The Morgan fingerprint density at radius 2 is 1.92 bits per heavy atom. The van der Waals surface area contributed by atoms with Crippen molar-refractivity contribution in [2.24, 2.45) is 5.92 Å². The van der Waals surface area contributed by atoms with Crippen LogP contribution in [0.5, 0.6) is 0 Å². The second-order valence-corrected chi connectivity index (χ2v) is 4.70. The number of fused-ring (bicyclic) bond motifs is 1. The number of hydrogen-bond acceptors (Lipinski definition) is 2. The molecule has 2 nitrogen and oxygen atoms in total. The first kappa shape index (κ1) is 9.47. The number of nitrogens with one attached hydrogen (secondary N) is 1. The molecule has 1 N–H and O–H groups in total. The molecule has 0 aliphatic carbocycles. The quantitative estimate of drug-likeness (QED) is 0.610. The van der Waals surface area contributed by atoms with Gasteiger partial charge in [-0.25, -0.2) is 0 Å². The van der Waals surface area contributed by atoms with Crippen molar-refractivity contribution >= 4 is 0 Å². The lowest BCUT2D eigenvalue weighted by atomic mass is 9.91. The zero-order chi connectivity index (χ0) is 9.10. The van der Waals surface area contributed by atoms with E-state index in [0.717, 1.165) is 12.0 Å². The van der Waals surface area contributed by atoms with Crippen molar-refractivity contribution < 1.29 is 0 Å². The second-order valence-electron chi connectivity index (χ2n) is 4.70. The molecule has 2 aliphatic heterocycles. The maximum absolute atomic E-state index is 3.72. The van der Waals surface area contributed by atoms with E-state index in [-0.39, 0.29) is 0 Å². The Balaban J connectivity index is 1.95. The van der Waals surface area contributed by atoms with Gasteiger partial charge in [0.05, 0.1) is 0 Å². The monoisotopic (exact) mass is 182 g/mol. The van der Waals surface area contributed by atoms with Gasteiger partial charge in [-0.1, -0.05) is 6.42 Å². The van der Waals surface area contributed by atoms with Gasteiger partial charge < -0.3 is 10.2 Å². The standard InChI is InChI=1S/C11H22N2/c1-13-8-5-10-4-2-3-7-12-11(10)6-9-13/h10-12H,2-9H2,1H3. The predicted molar refractivity (Wildman–Crippen MR) is 55.9 cm³/mol. The third-order valence-corrected chi connectivity index (χ3v) is 3.68. The largest absolute Gasteiger partial charge is 0.314 e. The fourth-order valence-corrected chi connectivity index (χ4v) is 2.73. The van der Waals surface area contributed by atoms with Crippen LogP contribution in [0.4, 0.5) is 0 Å². The van der Waals surface area contributed by atoms with Crippen LogP contribution < -0.4 is 5.32 Å². The molecule has 0 saturated carbocycles. The van der Waals surface area contributed by atoms with Crippen molar-refractivity contribution in [3.63, 3.8) is 0 Å². The van der Waals surface area contributed by atoms with E-state index in [9.17, 15) is 0 Å². The molecule has 0 amide bonds. The van der Waals surface area contributed by atoms with Crippen LogP contribution in [0.15, 0.2) is 0 Å². The summed E-state index contributed by atoms with van der Waals surface area (Å²) in [4.78, 5) is 2.48. The Labute approximate surface area is 81.7 Å². The van der Waals surface area contributed by atoms with Crippen LogP contribution in [0.2, 0.25) is 0 Å². The highest BCUT2D eigenvalue weighted by Crippen LogP contribution is 2.24. The molecule has 0 bridgehead atoms. The SMILES string of the molecule is CN1CCC2CCCCNC2CC1. The van der Waals surface area contributed by atoms with Crippen molar-refractivity contribution in [2.45, 2.75) is 38.1 Å². The first-order chi connectivity index (χ1) is 6.36. The highest BCUT2D eigenvalue weighted by atomic mass is 15.1. The van der Waals surface area contributed by atoms with Gasteiger partial charge in [0.15, 0.2) is 0 Å². The molecule has 13 heavy (non-hydrogen) atoms. The smallest absolute Gasteiger partial charge is 0.0108 e. The van der Waals surface area contributed by atoms with E-state index in [1.165, 1.54) is 51.7 Å². The van der Waals surface area contributed by atoms with E-state index in [2.05, 4.69) is 17.3 Å². The lowest BCUT2D eigenvalue weighted by Crippen LogP contribution is -2.34. The molecule has 2 aliphatic rings. The third-order valence-electron chi connectivity index (χ3n) is 3.68. The summed E-state index contributed by atoms with van der Waals surface area (Å²) >= 11 is 0.